The third-order valence-corrected chi connectivity index (χ3v) is 4.17. The van der Waals surface area contributed by atoms with Crippen molar-refractivity contribution in [3.63, 3.8) is 0 Å². The third-order valence-electron chi connectivity index (χ3n) is 4.17. The molecule has 0 bridgehead atoms. The number of pyridine rings is 1. The Balaban J connectivity index is 1.97. The number of nitrogen functional groups attached to an aromatic ring is 1. The van der Waals surface area contributed by atoms with Crippen LogP contribution in [0.3, 0.4) is 0 Å². The number of carbonyl (C=O) groups is 1. The molecule has 1 saturated carbocycles. The molecule has 1 aromatic rings. The zero-order chi connectivity index (χ0) is 13.7. The highest BCUT2D eigenvalue weighted by atomic mass is 16.1. The smallest absolute Gasteiger partial charge is 0.269 e. The largest absolute Gasteiger partial charge is 0.350 e. The molecule has 2 rings (SSSR count). The van der Waals surface area contributed by atoms with E-state index in [9.17, 15) is 4.79 Å². The maximum Gasteiger partial charge on any atom is 0.269 e. The first-order valence-corrected chi connectivity index (χ1v) is 6.91. The fourth-order valence-electron chi connectivity index (χ4n) is 2.78. The van der Waals surface area contributed by atoms with Gasteiger partial charge in [-0.1, -0.05) is 25.8 Å². The van der Waals surface area contributed by atoms with Crippen molar-refractivity contribution >= 4 is 11.7 Å². The molecule has 0 aliphatic heterocycles. The summed E-state index contributed by atoms with van der Waals surface area (Å²) in [6.45, 7) is 2.94. The van der Waals surface area contributed by atoms with Gasteiger partial charge < -0.3 is 10.7 Å². The molecular formula is C14H22N4O. The minimum atomic E-state index is -0.128. The predicted molar refractivity (Wildman–Crippen MR) is 75.6 cm³/mol. The van der Waals surface area contributed by atoms with Crippen LogP contribution in [0.2, 0.25) is 0 Å². The standard InChI is InChI=1S/C14H22N4O/c1-2-14(8-3-4-9-14)10-16-13(19)11-6-5-7-12(17-11)18-15/h5-7H,2-4,8-10,15H2,1H3,(H,16,19)(H,17,18). The predicted octanol–water partition coefficient (Wildman–Crippen LogP) is 2.07. The maximum absolute atomic E-state index is 12.1. The number of carbonyl (C=O) groups excluding carboxylic acids is 1. The number of nitrogens with zero attached hydrogens (tertiary/aromatic N) is 1. The van der Waals surface area contributed by atoms with E-state index in [1.807, 2.05) is 0 Å². The Kier molecular flexibility index (Phi) is 4.37. The molecule has 0 saturated heterocycles. The Morgan fingerprint density at radius 2 is 2.16 bits per heavy atom. The second kappa shape index (κ2) is 6.02. The summed E-state index contributed by atoms with van der Waals surface area (Å²) in [5, 5.41) is 3.01. The monoisotopic (exact) mass is 262 g/mol. The second-order valence-electron chi connectivity index (χ2n) is 5.30. The van der Waals surface area contributed by atoms with Crippen LogP contribution in [-0.4, -0.2) is 17.4 Å². The molecule has 0 spiro atoms. The summed E-state index contributed by atoms with van der Waals surface area (Å²) in [4.78, 5) is 16.2. The summed E-state index contributed by atoms with van der Waals surface area (Å²) >= 11 is 0. The topological polar surface area (TPSA) is 80.0 Å². The summed E-state index contributed by atoms with van der Waals surface area (Å²) in [6.07, 6.45) is 6.08. The molecule has 104 valence electrons. The Bertz CT molecular complexity index is 441. The minimum absolute atomic E-state index is 0.128. The molecule has 1 aliphatic carbocycles. The minimum Gasteiger partial charge on any atom is -0.350 e. The van der Waals surface area contributed by atoms with Crippen LogP contribution in [0, 0.1) is 5.41 Å². The van der Waals surface area contributed by atoms with Gasteiger partial charge in [0.2, 0.25) is 0 Å². The maximum atomic E-state index is 12.1. The first-order valence-electron chi connectivity index (χ1n) is 6.91. The summed E-state index contributed by atoms with van der Waals surface area (Å²) in [6, 6.07) is 5.19. The number of aromatic nitrogens is 1. The lowest BCUT2D eigenvalue weighted by Crippen LogP contribution is -2.36. The molecule has 1 heterocycles. The van der Waals surface area contributed by atoms with Gasteiger partial charge in [-0.3, -0.25) is 4.79 Å². The molecule has 5 nitrogen and oxygen atoms in total. The zero-order valence-corrected chi connectivity index (χ0v) is 11.4. The van der Waals surface area contributed by atoms with Crippen LogP contribution in [0.1, 0.15) is 49.5 Å². The van der Waals surface area contributed by atoms with Crippen LogP contribution < -0.4 is 16.6 Å². The number of rotatable bonds is 5. The average Bonchev–Trinajstić information content (AvgIpc) is 2.94. The molecule has 1 aromatic heterocycles. The Hall–Kier alpha value is -1.62. The van der Waals surface area contributed by atoms with E-state index in [2.05, 4.69) is 22.7 Å². The highest BCUT2D eigenvalue weighted by Crippen LogP contribution is 2.40. The first kappa shape index (κ1) is 13.8. The molecule has 0 aromatic carbocycles. The highest BCUT2D eigenvalue weighted by molar-refractivity contribution is 5.92. The van der Waals surface area contributed by atoms with Crippen molar-refractivity contribution < 1.29 is 4.79 Å². The fourth-order valence-corrected chi connectivity index (χ4v) is 2.78. The molecule has 5 heteroatoms. The quantitative estimate of drug-likeness (QED) is 0.560. The summed E-state index contributed by atoms with van der Waals surface area (Å²) in [7, 11) is 0. The van der Waals surface area contributed by atoms with Crippen molar-refractivity contribution in [3.8, 4) is 0 Å². The van der Waals surface area contributed by atoms with Gasteiger partial charge in [-0.25, -0.2) is 10.8 Å². The van der Waals surface area contributed by atoms with E-state index in [1.54, 1.807) is 18.2 Å². The normalized spacial score (nSPS) is 17.2. The molecular weight excluding hydrogens is 240 g/mol. The van der Waals surface area contributed by atoms with Crippen molar-refractivity contribution in [2.45, 2.75) is 39.0 Å². The molecule has 0 atom stereocenters. The van der Waals surface area contributed by atoms with Crippen molar-refractivity contribution in [1.29, 1.82) is 0 Å². The van der Waals surface area contributed by atoms with Crippen LogP contribution in [0.15, 0.2) is 18.2 Å². The van der Waals surface area contributed by atoms with Crippen LogP contribution in [0.4, 0.5) is 5.82 Å². The van der Waals surface area contributed by atoms with Gasteiger partial charge in [0, 0.05) is 6.54 Å². The SMILES string of the molecule is CCC1(CNC(=O)c2cccc(NN)n2)CCCC1. The van der Waals surface area contributed by atoms with Gasteiger partial charge in [-0.15, -0.1) is 0 Å². The van der Waals surface area contributed by atoms with Crippen molar-refractivity contribution in [3.05, 3.63) is 23.9 Å². The number of hydrazine groups is 1. The van der Waals surface area contributed by atoms with Crippen LogP contribution in [0.25, 0.3) is 0 Å². The van der Waals surface area contributed by atoms with E-state index < -0.39 is 0 Å². The number of hydrogen-bond donors (Lipinski definition) is 3. The van der Waals surface area contributed by atoms with E-state index in [0.29, 0.717) is 16.9 Å². The van der Waals surface area contributed by atoms with Gasteiger partial charge in [-0.2, -0.15) is 0 Å². The van der Waals surface area contributed by atoms with Gasteiger partial charge >= 0.3 is 0 Å². The van der Waals surface area contributed by atoms with Crippen molar-refractivity contribution in [2.24, 2.45) is 11.3 Å². The molecule has 1 aliphatic rings. The van der Waals surface area contributed by atoms with Gasteiger partial charge in [0.05, 0.1) is 0 Å². The van der Waals surface area contributed by atoms with E-state index in [0.717, 1.165) is 13.0 Å². The Morgan fingerprint density at radius 1 is 1.42 bits per heavy atom. The van der Waals surface area contributed by atoms with Crippen molar-refractivity contribution in [2.75, 3.05) is 12.0 Å². The average molecular weight is 262 g/mol. The zero-order valence-electron chi connectivity index (χ0n) is 11.4. The van der Waals surface area contributed by atoms with Gasteiger partial charge in [0.25, 0.3) is 5.91 Å². The van der Waals surface area contributed by atoms with E-state index in [-0.39, 0.29) is 5.91 Å². The second-order valence-corrected chi connectivity index (χ2v) is 5.30. The number of hydrogen-bond acceptors (Lipinski definition) is 4. The van der Waals surface area contributed by atoms with E-state index in [1.165, 1.54) is 25.7 Å². The molecule has 1 fully saturated rings. The van der Waals surface area contributed by atoms with E-state index >= 15 is 0 Å². The number of anilines is 1. The van der Waals surface area contributed by atoms with Gasteiger partial charge in [0.15, 0.2) is 0 Å². The Labute approximate surface area is 114 Å². The first-order chi connectivity index (χ1) is 9.19. The lowest BCUT2D eigenvalue weighted by molar-refractivity contribution is 0.0924. The fraction of sp³-hybridized carbons (Fsp3) is 0.571. The Morgan fingerprint density at radius 3 is 2.79 bits per heavy atom. The molecule has 19 heavy (non-hydrogen) atoms. The molecule has 1 amide bonds. The number of nitrogens with one attached hydrogen (secondary N) is 2. The summed E-state index contributed by atoms with van der Waals surface area (Å²) in [5.41, 5.74) is 3.14. The van der Waals surface area contributed by atoms with Gasteiger partial charge in [0.1, 0.15) is 11.5 Å². The van der Waals surface area contributed by atoms with Crippen LogP contribution in [-0.2, 0) is 0 Å². The highest BCUT2D eigenvalue weighted by Gasteiger charge is 2.32. The van der Waals surface area contributed by atoms with Crippen LogP contribution >= 0.6 is 0 Å². The van der Waals surface area contributed by atoms with Crippen LogP contribution in [0.5, 0.6) is 0 Å². The summed E-state index contributed by atoms with van der Waals surface area (Å²) < 4.78 is 0. The molecule has 4 N–H and O–H groups in total. The molecule has 0 unspecified atom stereocenters. The molecule has 0 radical (unpaired) electrons. The van der Waals surface area contributed by atoms with Crippen molar-refractivity contribution in [1.82, 2.24) is 10.3 Å². The third kappa shape index (κ3) is 3.23. The number of amides is 1. The van der Waals surface area contributed by atoms with Gasteiger partial charge in [-0.05, 0) is 36.8 Å². The lowest BCUT2D eigenvalue weighted by atomic mass is 9.83. The van der Waals surface area contributed by atoms with E-state index in [4.69, 9.17) is 5.84 Å². The summed E-state index contributed by atoms with van der Waals surface area (Å²) in [5.74, 6) is 5.66. The lowest BCUT2D eigenvalue weighted by Gasteiger charge is -2.27. The number of nitrogens with two attached hydrogens (primary N) is 1.